The van der Waals surface area contributed by atoms with E-state index in [0.717, 1.165) is 31.1 Å². The minimum absolute atomic E-state index is 0.780. The van der Waals surface area contributed by atoms with Crippen LogP contribution in [0.1, 0.15) is 6.42 Å². The third-order valence-electron chi connectivity index (χ3n) is 2.49. The molecule has 2 aromatic heterocycles. The van der Waals surface area contributed by atoms with Gasteiger partial charge in [0.15, 0.2) is 5.65 Å². The van der Waals surface area contributed by atoms with Crippen LogP contribution >= 0.6 is 0 Å². The van der Waals surface area contributed by atoms with Gasteiger partial charge in [0.05, 0.1) is 0 Å². The van der Waals surface area contributed by atoms with E-state index in [2.05, 4.69) is 20.3 Å². The van der Waals surface area contributed by atoms with E-state index in [1.165, 1.54) is 0 Å². The van der Waals surface area contributed by atoms with Gasteiger partial charge in [-0.1, -0.05) is 6.07 Å². The molecule has 0 aliphatic heterocycles. The maximum absolute atomic E-state index is 4.45. The van der Waals surface area contributed by atoms with Crippen LogP contribution < -0.4 is 10.2 Å². The molecule has 0 aromatic carbocycles. The molecule has 2 aromatic rings. The summed E-state index contributed by atoms with van der Waals surface area (Å²) in [6.07, 6.45) is 3.00. The SMILES string of the molecule is CNCCCN(C)c1nc2ccccn2n1. The number of aromatic nitrogens is 3. The van der Waals surface area contributed by atoms with E-state index in [0.29, 0.717) is 0 Å². The van der Waals surface area contributed by atoms with Gasteiger partial charge in [0.2, 0.25) is 5.95 Å². The first kappa shape index (κ1) is 10.9. The fourth-order valence-corrected chi connectivity index (χ4v) is 1.57. The van der Waals surface area contributed by atoms with Crippen molar-refractivity contribution in [1.82, 2.24) is 19.9 Å². The zero-order valence-corrected chi connectivity index (χ0v) is 9.72. The predicted octanol–water partition coefficient (Wildman–Crippen LogP) is 0.775. The molecule has 5 nitrogen and oxygen atoms in total. The topological polar surface area (TPSA) is 45.5 Å². The highest BCUT2D eigenvalue weighted by Crippen LogP contribution is 2.08. The molecule has 0 bridgehead atoms. The summed E-state index contributed by atoms with van der Waals surface area (Å²) in [6, 6.07) is 5.87. The molecular formula is C11H17N5. The molecule has 2 rings (SSSR count). The molecule has 0 saturated heterocycles. The van der Waals surface area contributed by atoms with Gasteiger partial charge in [-0.15, -0.1) is 5.10 Å². The fourth-order valence-electron chi connectivity index (χ4n) is 1.57. The van der Waals surface area contributed by atoms with Gasteiger partial charge in [0.1, 0.15) is 0 Å². The molecule has 0 saturated carbocycles. The highest BCUT2D eigenvalue weighted by molar-refractivity contribution is 5.43. The largest absolute Gasteiger partial charge is 0.343 e. The van der Waals surface area contributed by atoms with Crippen molar-refractivity contribution in [1.29, 1.82) is 0 Å². The number of pyridine rings is 1. The number of hydrogen-bond donors (Lipinski definition) is 1. The molecule has 0 atom stereocenters. The number of nitrogens with zero attached hydrogens (tertiary/aromatic N) is 4. The lowest BCUT2D eigenvalue weighted by Gasteiger charge is -2.13. The minimum Gasteiger partial charge on any atom is -0.343 e. The molecule has 16 heavy (non-hydrogen) atoms. The van der Waals surface area contributed by atoms with Gasteiger partial charge in [-0.2, -0.15) is 4.98 Å². The second kappa shape index (κ2) is 4.94. The van der Waals surface area contributed by atoms with E-state index in [9.17, 15) is 0 Å². The Labute approximate surface area is 95.1 Å². The Morgan fingerprint density at radius 1 is 1.44 bits per heavy atom. The lowest BCUT2D eigenvalue weighted by Crippen LogP contribution is -2.23. The van der Waals surface area contributed by atoms with Crippen LogP contribution in [0.25, 0.3) is 5.65 Å². The first-order valence-electron chi connectivity index (χ1n) is 5.48. The van der Waals surface area contributed by atoms with Gasteiger partial charge in [-0.25, -0.2) is 4.52 Å². The summed E-state index contributed by atoms with van der Waals surface area (Å²) in [6.45, 7) is 1.97. The molecular weight excluding hydrogens is 202 g/mol. The number of hydrogen-bond acceptors (Lipinski definition) is 4. The van der Waals surface area contributed by atoms with Crippen LogP contribution in [-0.2, 0) is 0 Å². The van der Waals surface area contributed by atoms with E-state index in [-0.39, 0.29) is 0 Å². The molecule has 2 heterocycles. The zero-order valence-electron chi connectivity index (χ0n) is 9.72. The van der Waals surface area contributed by atoms with Crippen LogP contribution in [0.4, 0.5) is 5.95 Å². The standard InChI is InChI=1S/C11H17N5/c1-12-7-5-8-15(2)11-13-10-6-3-4-9-16(10)14-11/h3-4,6,9,12H,5,7-8H2,1-2H3. The quantitative estimate of drug-likeness (QED) is 0.755. The first-order chi connectivity index (χ1) is 7.81. The number of rotatable bonds is 5. The lowest BCUT2D eigenvalue weighted by atomic mass is 10.4. The Morgan fingerprint density at radius 2 is 2.31 bits per heavy atom. The van der Waals surface area contributed by atoms with Crippen LogP contribution in [0.2, 0.25) is 0 Å². The normalized spacial score (nSPS) is 10.9. The molecule has 0 unspecified atom stereocenters. The average Bonchev–Trinajstić information content (AvgIpc) is 2.73. The Bertz CT molecular complexity index is 417. The van der Waals surface area contributed by atoms with Crippen LogP contribution in [0.15, 0.2) is 24.4 Å². The molecule has 86 valence electrons. The van der Waals surface area contributed by atoms with E-state index in [1.807, 2.05) is 38.5 Å². The van der Waals surface area contributed by atoms with Crippen molar-refractivity contribution >= 4 is 11.6 Å². The summed E-state index contributed by atoms with van der Waals surface area (Å²) in [5.41, 5.74) is 0.887. The summed E-state index contributed by atoms with van der Waals surface area (Å²) in [5.74, 6) is 0.780. The average molecular weight is 219 g/mol. The molecule has 1 N–H and O–H groups in total. The van der Waals surface area contributed by atoms with Crippen molar-refractivity contribution in [3.05, 3.63) is 24.4 Å². The fraction of sp³-hybridized carbons (Fsp3) is 0.455. The third-order valence-corrected chi connectivity index (χ3v) is 2.49. The van der Waals surface area contributed by atoms with Crippen molar-refractivity contribution < 1.29 is 0 Å². The Balaban J connectivity index is 2.07. The van der Waals surface area contributed by atoms with Crippen LogP contribution in [0.3, 0.4) is 0 Å². The second-order valence-electron chi connectivity index (χ2n) is 3.79. The Hall–Kier alpha value is -1.62. The van der Waals surface area contributed by atoms with E-state index >= 15 is 0 Å². The molecule has 0 spiro atoms. The summed E-state index contributed by atoms with van der Waals surface area (Å²) < 4.78 is 1.80. The summed E-state index contributed by atoms with van der Waals surface area (Å²) in [5, 5.41) is 7.53. The van der Waals surface area contributed by atoms with Crippen LogP contribution in [-0.4, -0.2) is 41.8 Å². The molecule has 0 radical (unpaired) electrons. The number of fused-ring (bicyclic) bond motifs is 1. The molecule has 0 fully saturated rings. The molecule has 0 aliphatic carbocycles. The third kappa shape index (κ3) is 2.30. The molecule has 0 aliphatic rings. The number of nitrogens with one attached hydrogen (secondary N) is 1. The van der Waals surface area contributed by atoms with Gasteiger partial charge < -0.3 is 10.2 Å². The van der Waals surface area contributed by atoms with Crippen molar-refractivity contribution in [2.75, 3.05) is 32.1 Å². The Morgan fingerprint density at radius 3 is 3.06 bits per heavy atom. The smallest absolute Gasteiger partial charge is 0.245 e. The lowest BCUT2D eigenvalue weighted by molar-refractivity contribution is 0.703. The predicted molar refractivity (Wildman–Crippen MR) is 64.8 cm³/mol. The van der Waals surface area contributed by atoms with Crippen molar-refractivity contribution in [2.24, 2.45) is 0 Å². The van der Waals surface area contributed by atoms with Gasteiger partial charge in [-0.3, -0.25) is 0 Å². The van der Waals surface area contributed by atoms with Crippen LogP contribution in [0, 0.1) is 0 Å². The maximum atomic E-state index is 4.45. The van der Waals surface area contributed by atoms with Gasteiger partial charge >= 0.3 is 0 Å². The van der Waals surface area contributed by atoms with Gasteiger partial charge in [0, 0.05) is 19.8 Å². The van der Waals surface area contributed by atoms with Gasteiger partial charge in [-0.05, 0) is 32.1 Å². The van der Waals surface area contributed by atoms with E-state index in [1.54, 1.807) is 4.52 Å². The van der Waals surface area contributed by atoms with E-state index < -0.39 is 0 Å². The van der Waals surface area contributed by atoms with Gasteiger partial charge in [0.25, 0.3) is 0 Å². The molecule has 5 heteroatoms. The highest BCUT2D eigenvalue weighted by Gasteiger charge is 2.07. The van der Waals surface area contributed by atoms with Crippen molar-refractivity contribution in [3.8, 4) is 0 Å². The van der Waals surface area contributed by atoms with Crippen LogP contribution in [0.5, 0.6) is 0 Å². The Kier molecular flexibility index (Phi) is 3.36. The second-order valence-corrected chi connectivity index (χ2v) is 3.79. The first-order valence-corrected chi connectivity index (χ1v) is 5.48. The summed E-state index contributed by atoms with van der Waals surface area (Å²) >= 11 is 0. The van der Waals surface area contributed by atoms with Crippen molar-refractivity contribution in [3.63, 3.8) is 0 Å². The highest BCUT2D eigenvalue weighted by atomic mass is 15.4. The maximum Gasteiger partial charge on any atom is 0.245 e. The summed E-state index contributed by atoms with van der Waals surface area (Å²) in [4.78, 5) is 6.52. The van der Waals surface area contributed by atoms with E-state index in [4.69, 9.17) is 0 Å². The zero-order chi connectivity index (χ0) is 11.4. The number of anilines is 1. The summed E-state index contributed by atoms with van der Waals surface area (Å²) in [7, 11) is 3.98. The van der Waals surface area contributed by atoms with Crippen molar-refractivity contribution in [2.45, 2.75) is 6.42 Å². The minimum atomic E-state index is 0.780. The molecule has 0 amide bonds. The monoisotopic (exact) mass is 219 g/mol.